The number of hydrogen-bond donors (Lipinski definition) is 1. The first-order valence-corrected chi connectivity index (χ1v) is 9.68. The van der Waals surface area contributed by atoms with Gasteiger partial charge in [-0.2, -0.15) is 0 Å². The summed E-state index contributed by atoms with van der Waals surface area (Å²) in [5, 5.41) is 2.71. The van der Waals surface area contributed by atoms with Crippen LogP contribution in [0.5, 0.6) is 0 Å². The van der Waals surface area contributed by atoms with Gasteiger partial charge in [0.2, 0.25) is 0 Å². The second-order valence-electron chi connectivity index (χ2n) is 7.35. The number of ketones is 1. The molecule has 1 aliphatic rings. The van der Waals surface area contributed by atoms with Crippen molar-refractivity contribution in [3.8, 4) is 0 Å². The first kappa shape index (κ1) is 23.0. The average Bonchev–Trinajstić information content (AvgIpc) is 2.71. The first-order valence-electron chi connectivity index (χ1n) is 9.68. The number of carbonyl (C=O) groups is 3. The Balaban J connectivity index is 1.73. The van der Waals surface area contributed by atoms with Crippen LogP contribution in [0, 0.1) is 11.7 Å². The van der Waals surface area contributed by atoms with Crippen LogP contribution in [0.1, 0.15) is 49.9 Å². The van der Waals surface area contributed by atoms with E-state index in [9.17, 15) is 18.8 Å². The van der Waals surface area contributed by atoms with E-state index >= 15 is 0 Å². The summed E-state index contributed by atoms with van der Waals surface area (Å²) in [7, 11) is 1.28. The number of halogens is 1. The maximum absolute atomic E-state index is 13.0. The molecule has 1 aliphatic heterocycles. The van der Waals surface area contributed by atoms with Gasteiger partial charge in [0.25, 0.3) is 11.7 Å². The van der Waals surface area contributed by atoms with Crippen molar-refractivity contribution in [1.29, 1.82) is 0 Å². The third-order valence-electron chi connectivity index (χ3n) is 5.00. The zero-order valence-electron chi connectivity index (χ0n) is 17.0. The summed E-state index contributed by atoms with van der Waals surface area (Å²) >= 11 is 0. The summed E-state index contributed by atoms with van der Waals surface area (Å²) in [5.41, 5.74) is 0.308. The Kier molecular flexibility index (Phi) is 8.28. The van der Waals surface area contributed by atoms with E-state index in [2.05, 4.69) is 10.1 Å². The van der Waals surface area contributed by atoms with Gasteiger partial charge in [-0.3, -0.25) is 9.59 Å². The van der Waals surface area contributed by atoms with E-state index in [1.165, 1.54) is 45.2 Å². The van der Waals surface area contributed by atoms with E-state index in [4.69, 9.17) is 9.47 Å². The molecule has 0 saturated carbocycles. The number of methoxy groups -OCH3 is 1. The molecule has 1 saturated heterocycles. The quantitative estimate of drug-likeness (QED) is 0.498. The Labute approximate surface area is 169 Å². The Morgan fingerprint density at radius 3 is 2.38 bits per heavy atom. The van der Waals surface area contributed by atoms with Gasteiger partial charge in [0.15, 0.2) is 5.78 Å². The van der Waals surface area contributed by atoms with Crippen LogP contribution in [0.15, 0.2) is 24.3 Å². The third kappa shape index (κ3) is 6.61. The van der Waals surface area contributed by atoms with Crippen LogP contribution in [-0.2, 0) is 23.8 Å². The lowest BCUT2D eigenvalue weighted by Crippen LogP contribution is -2.48. The lowest BCUT2D eigenvalue weighted by Gasteiger charge is -2.35. The molecule has 1 heterocycles. The molecule has 1 amide bonds. The number of nitrogens with one attached hydrogen (secondary N) is 1. The molecule has 1 N–H and O–H groups in total. The maximum Gasteiger partial charge on any atom is 0.366 e. The van der Waals surface area contributed by atoms with Gasteiger partial charge in [-0.25, -0.2) is 9.18 Å². The number of rotatable bonds is 9. The van der Waals surface area contributed by atoms with Crippen LogP contribution in [0.2, 0.25) is 0 Å². The van der Waals surface area contributed by atoms with Crippen molar-refractivity contribution >= 4 is 17.7 Å². The molecule has 2 rings (SSSR count). The van der Waals surface area contributed by atoms with Crippen molar-refractivity contribution < 1.29 is 33.0 Å². The van der Waals surface area contributed by atoms with Crippen molar-refractivity contribution in [2.45, 2.75) is 51.4 Å². The highest BCUT2D eigenvalue weighted by atomic mass is 19.1. The minimum atomic E-state index is -1.35. The average molecular weight is 409 g/mol. The topological polar surface area (TPSA) is 90.9 Å². The SMILES string of the molecule is COC(=O)C1(C)OCC(CCCCC(NC(=O)c2ccc(F)cc2)C(C)=O)CO1. The largest absolute Gasteiger partial charge is 0.465 e. The molecular formula is C21H28FNO6. The van der Waals surface area contributed by atoms with Crippen molar-refractivity contribution in [2.75, 3.05) is 20.3 Å². The third-order valence-corrected chi connectivity index (χ3v) is 5.00. The predicted octanol–water partition coefficient (Wildman–Crippen LogP) is 2.63. The molecule has 160 valence electrons. The second kappa shape index (κ2) is 10.5. The normalized spacial score (nSPS) is 22.6. The molecule has 1 atom stereocenters. The highest BCUT2D eigenvalue weighted by Gasteiger charge is 2.41. The van der Waals surface area contributed by atoms with Gasteiger partial charge in [0.1, 0.15) is 5.82 Å². The summed E-state index contributed by atoms with van der Waals surface area (Å²) in [4.78, 5) is 35.7. The molecule has 1 unspecified atom stereocenters. The van der Waals surface area contributed by atoms with Crippen molar-refractivity contribution in [1.82, 2.24) is 5.32 Å². The van der Waals surface area contributed by atoms with Crippen molar-refractivity contribution in [3.05, 3.63) is 35.6 Å². The van der Waals surface area contributed by atoms with Crippen LogP contribution in [0.3, 0.4) is 0 Å². The molecule has 0 aromatic heterocycles. The fourth-order valence-electron chi connectivity index (χ4n) is 3.11. The Morgan fingerprint density at radius 2 is 1.83 bits per heavy atom. The number of esters is 1. The molecule has 0 radical (unpaired) electrons. The first-order chi connectivity index (χ1) is 13.7. The molecule has 0 bridgehead atoms. The molecule has 8 heteroatoms. The summed E-state index contributed by atoms with van der Waals surface area (Å²) in [6, 6.07) is 4.59. The van der Waals surface area contributed by atoms with Gasteiger partial charge < -0.3 is 19.5 Å². The van der Waals surface area contributed by atoms with E-state index in [1.807, 2.05) is 0 Å². The van der Waals surface area contributed by atoms with Crippen LogP contribution in [0.25, 0.3) is 0 Å². The fourth-order valence-corrected chi connectivity index (χ4v) is 3.11. The van der Waals surface area contributed by atoms with Crippen LogP contribution >= 0.6 is 0 Å². The van der Waals surface area contributed by atoms with Gasteiger partial charge >= 0.3 is 5.97 Å². The van der Waals surface area contributed by atoms with Gasteiger partial charge in [-0.05, 0) is 44.0 Å². The van der Waals surface area contributed by atoms with E-state index in [0.29, 0.717) is 25.2 Å². The predicted molar refractivity (Wildman–Crippen MR) is 103 cm³/mol. The minimum absolute atomic E-state index is 0.126. The number of amides is 1. The Bertz CT molecular complexity index is 712. The van der Waals surface area contributed by atoms with E-state index in [-0.39, 0.29) is 11.7 Å². The maximum atomic E-state index is 13.0. The lowest BCUT2D eigenvalue weighted by atomic mass is 9.98. The number of benzene rings is 1. The van der Waals surface area contributed by atoms with Crippen molar-refractivity contribution in [2.24, 2.45) is 5.92 Å². The number of hydrogen-bond acceptors (Lipinski definition) is 6. The van der Waals surface area contributed by atoms with Crippen LogP contribution in [-0.4, -0.2) is 49.8 Å². The fraction of sp³-hybridized carbons (Fsp3) is 0.571. The summed E-state index contributed by atoms with van der Waals surface area (Å²) < 4.78 is 28.7. The standard InChI is InChI=1S/C21H28FNO6/c1-14(24)18(23-19(25)16-8-10-17(22)11-9-16)7-5-4-6-15-12-28-21(2,29-13-15)20(26)27-3/h8-11,15,18H,4-7,12-13H2,1-3H3,(H,23,25). The molecule has 1 aromatic carbocycles. The van der Waals surface area contributed by atoms with Crippen molar-refractivity contribution in [3.63, 3.8) is 0 Å². The van der Waals surface area contributed by atoms with E-state index in [0.717, 1.165) is 19.3 Å². The summed E-state index contributed by atoms with van der Waals surface area (Å²) in [6.45, 7) is 3.76. The van der Waals surface area contributed by atoms with Crippen LogP contribution < -0.4 is 5.32 Å². The molecule has 7 nitrogen and oxygen atoms in total. The highest BCUT2D eigenvalue weighted by Crippen LogP contribution is 2.25. The van der Waals surface area contributed by atoms with Gasteiger partial charge in [0.05, 0.1) is 26.4 Å². The Hall–Kier alpha value is -2.32. The zero-order valence-corrected chi connectivity index (χ0v) is 17.0. The lowest BCUT2D eigenvalue weighted by molar-refractivity contribution is -0.272. The Morgan fingerprint density at radius 1 is 1.21 bits per heavy atom. The number of Topliss-reactive ketones (excluding diaryl/α,β-unsaturated/α-hetero) is 1. The van der Waals surface area contributed by atoms with E-state index < -0.39 is 29.5 Å². The molecular weight excluding hydrogens is 381 g/mol. The monoisotopic (exact) mass is 409 g/mol. The second-order valence-corrected chi connectivity index (χ2v) is 7.35. The molecule has 1 fully saturated rings. The molecule has 0 spiro atoms. The molecule has 0 aliphatic carbocycles. The minimum Gasteiger partial charge on any atom is -0.465 e. The summed E-state index contributed by atoms with van der Waals surface area (Å²) in [5.74, 6) is -2.71. The number of unbranched alkanes of at least 4 members (excludes halogenated alkanes) is 1. The highest BCUT2D eigenvalue weighted by molar-refractivity contribution is 5.97. The van der Waals surface area contributed by atoms with Gasteiger partial charge in [-0.1, -0.05) is 12.8 Å². The molecule has 1 aromatic rings. The number of carbonyl (C=O) groups excluding carboxylic acids is 3. The zero-order chi connectivity index (χ0) is 21.4. The van der Waals surface area contributed by atoms with Crippen LogP contribution in [0.4, 0.5) is 4.39 Å². The summed E-state index contributed by atoms with van der Waals surface area (Å²) in [6.07, 6.45) is 2.88. The number of ether oxygens (including phenoxy) is 3. The van der Waals surface area contributed by atoms with Gasteiger partial charge in [-0.15, -0.1) is 0 Å². The van der Waals surface area contributed by atoms with E-state index in [1.54, 1.807) is 0 Å². The van der Waals surface area contributed by atoms with Gasteiger partial charge in [0, 0.05) is 18.4 Å². The molecule has 29 heavy (non-hydrogen) atoms. The smallest absolute Gasteiger partial charge is 0.366 e.